The van der Waals surface area contributed by atoms with Crippen molar-refractivity contribution in [1.29, 1.82) is 0 Å². The number of pyridine rings is 2. The van der Waals surface area contributed by atoms with E-state index in [1.807, 2.05) is 0 Å². The minimum Gasteiger partial charge on any atom is -0.663 e. The van der Waals surface area contributed by atoms with E-state index in [-0.39, 0.29) is 43.8 Å². The largest absolute Gasteiger partial charge is 3.00 e. The first-order valence-electron chi connectivity index (χ1n) is 3.92. The molecule has 2 aromatic heterocycles. The van der Waals surface area contributed by atoms with Crippen LogP contribution in [0.4, 0.5) is 0 Å². The van der Waals surface area contributed by atoms with E-state index in [9.17, 15) is 9.59 Å². The number of fused-ring (bicyclic) bond motifs is 1. The van der Waals surface area contributed by atoms with Gasteiger partial charge in [0.25, 0.3) is 0 Å². The molecular formula is C9H6N3O2Y+2. The van der Waals surface area contributed by atoms with Gasteiger partial charge in [-0.2, -0.15) is 0 Å². The summed E-state index contributed by atoms with van der Waals surface area (Å²) in [5.41, 5.74) is 6.91. The van der Waals surface area contributed by atoms with E-state index in [1.165, 1.54) is 12.4 Å². The molecule has 6 heteroatoms. The Labute approximate surface area is 110 Å². The topological polar surface area (TPSA) is 86.6 Å². The molecule has 1 amide bonds. The number of nitrogens with one attached hydrogen (secondary N) is 2. The Morgan fingerprint density at radius 1 is 1.47 bits per heavy atom. The molecule has 0 aliphatic carbocycles. The van der Waals surface area contributed by atoms with Crippen molar-refractivity contribution >= 4 is 16.9 Å². The second kappa shape index (κ2) is 4.64. The van der Waals surface area contributed by atoms with Crippen LogP contribution in [0.3, 0.4) is 0 Å². The number of amides is 1. The maximum atomic E-state index is 11.5. The molecule has 0 bridgehead atoms. The SMILES string of the molecule is [NH-]C(=O)c1c[nH]c2cccnc2c1=O.[Y+3]. The standard InChI is InChI=1S/C9H7N3O2.Y/c10-9(14)5-4-12-6-2-1-3-11-7(6)8(5)13;/h1-4H,(H3,10,12,13,14);/q;+3/p-1. The average molecular weight is 277 g/mol. The number of H-pyrrole nitrogens is 1. The van der Waals surface area contributed by atoms with Gasteiger partial charge in [-0.05, 0) is 12.1 Å². The van der Waals surface area contributed by atoms with E-state index in [4.69, 9.17) is 5.73 Å². The molecule has 0 fully saturated rings. The first kappa shape index (κ1) is 12.0. The monoisotopic (exact) mass is 277 g/mol. The number of carbonyl (C=O) groups is 1. The zero-order valence-electron chi connectivity index (χ0n) is 7.65. The van der Waals surface area contributed by atoms with E-state index in [2.05, 4.69) is 9.97 Å². The van der Waals surface area contributed by atoms with E-state index < -0.39 is 11.3 Å². The van der Waals surface area contributed by atoms with Gasteiger partial charge in [-0.3, -0.25) is 9.78 Å². The van der Waals surface area contributed by atoms with Crippen molar-refractivity contribution in [1.82, 2.24) is 9.97 Å². The fourth-order valence-corrected chi connectivity index (χ4v) is 1.21. The summed E-state index contributed by atoms with van der Waals surface area (Å²) in [4.78, 5) is 28.9. The van der Waals surface area contributed by atoms with Crippen molar-refractivity contribution < 1.29 is 37.5 Å². The van der Waals surface area contributed by atoms with Crippen molar-refractivity contribution in [2.75, 3.05) is 0 Å². The van der Waals surface area contributed by atoms with E-state index in [1.54, 1.807) is 12.1 Å². The molecule has 2 aromatic rings. The van der Waals surface area contributed by atoms with E-state index >= 15 is 0 Å². The third kappa shape index (κ3) is 2.13. The zero-order valence-corrected chi connectivity index (χ0v) is 10.5. The van der Waals surface area contributed by atoms with Crippen LogP contribution in [0, 0.1) is 0 Å². The summed E-state index contributed by atoms with van der Waals surface area (Å²) in [6, 6.07) is 3.36. The molecule has 0 spiro atoms. The molecule has 0 saturated heterocycles. The van der Waals surface area contributed by atoms with Gasteiger partial charge in [0.15, 0.2) is 0 Å². The third-order valence-corrected chi connectivity index (χ3v) is 1.88. The molecule has 2 N–H and O–H groups in total. The average Bonchev–Trinajstić information content (AvgIpc) is 2.18. The Bertz CT molecular complexity index is 565. The van der Waals surface area contributed by atoms with Crippen molar-refractivity contribution in [2.45, 2.75) is 0 Å². The van der Waals surface area contributed by atoms with Crippen molar-refractivity contribution in [3.05, 3.63) is 46.0 Å². The van der Waals surface area contributed by atoms with E-state index in [0.717, 1.165) is 0 Å². The summed E-state index contributed by atoms with van der Waals surface area (Å²) in [5.74, 6) is -1.00. The number of hydrogen-bond acceptors (Lipinski definition) is 3. The van der Waals surface area contributed by atoms with Gasteiger partial charge >= 0.3 is 32.7 Å². The molecule has 0 atom stereocenters. The van der Waals surface area contributed by atoms with Crippen LogP contribution in [0.5, 0.6) is 0 Å². The van der Waals surface area contributed by atoms with Gasteiger partial charge in [-0.15, -0.1) is 0 Å². The Kier molecular flexibility index (Phi) is 3.71. The normalized spacial score (nSPS) is 9.60. The van der Waals surface area contributed by atoms with Crippen LogP contribution in [0.25, 0.3) is 16.8 Å². The van der Waals surface area contributed by atoms with Gasteiger partial charge in [-0.1, -0.05) is 0 Å². The van der Waals surface area contributed by atoms with Crippen LogP contribution < -0.4 is 5.43 Å². The van der Waals surface area contributed by atoms with Crippen LogP contribution >= 0.6 is 0 Å². The molecule has 0 aliphatic rings. The minimum absolute atomic E-state index is 0. The summed E-state index contributed by atoms with van der Waals surface area (Å²) in [5, 5.41) is 0. The molecule has 15 heavy (non-hydrogen) atoms. The Morgan fingerprint density at radius 3 is 2.87 bits per heavy atom. The van der Waals surface area contributed by atoms with Gasteiger partial charge in [0.05, 0.1) is 17.0 Å². The molecule has 70 valence electrons. The predicted molar refractivity (Wildman–Crippen MR) is 51.0 cm³/mol. The maximum Gasteiger partial charge on any atom is 3.00 e. The number of aromatic nitrogens is 2. The van der Waals surface area contributed by atoms with E-state index in [0.29, 0.717) is 5.52 Å². The molecule has 0 saturated carbocycles. The molecule has 0 radical (unpaired) electrons. The van der Waals surface area contributed by atoms with Crippen molar-refractivity contribution in [2.24, 2.45) is 0 Å². The van der Waals surface area contributed by atoms with Gasteiger partial charge in [-0.25, -0.2) is 0 Å². The van der Waals surface area contributed by atoms with Crippen LogP contribution in [-0.2, 0) is 32.7 Å². The summed E-state index contributed by atoms with van der Waals surface area (Å²) in [6.07, 6.45) is 2.71. The van der Waals surface area contributed by atoms with Crippen LogP contribution in [0.15, 0.2) is 29.3 Å². The van der Waals surface area contributed by atoms with Crippen molar-refractivity contribution in [3.63, 3.8) is 0 Å². The van der Waals surface area contributed by atoms with Gasteiger partial charge in [0.1, 0.15) is 5.52 Å². The summed E-state index contributed by atoms with van der Waals surface area (Å²) in [7, 11) is 0. The number of rotatable bonds is 1. The van der Waals surface area contributed by atoms with Gasteiger partial charge in [0, 0.05) is 12.4 Å². The third-order valence-electron chi connectivity index (χ3n) is 1.88. The molecular weight excluding hydrogens is 271 g/mol. The molecule has 0 aromatic carbocycles. The summed E-state index contributed by atoms with van der Waals surface area (Å²) in [6.45, 7) is 0. The number of aromatic amines is 1. The van der Waals surface area contributed by atoms with Crippen LogP contribution in [0.1, 0.15) is 10.4 Å². The van der Waals surface area contributed by atoms with Crippen LogP contribution in [-0.4, -0.2) is 15.9 Å². The van der Waals surface area contributed by atoms with Gasteiger partial charge in [0.2, 0.25) is 5.43 Å². The van der Waals surface area contributed by atoms with Crippen LogP contribution in [0.2, 0.25) is 0 Å². The Balaban J connectivity index is 0.00000112. The summed E-state index contributed by atoms with van der Waals surface area (Å²) >= 11 is 0. The molecule has 0 unspecified atom stereocenters. The maximum absolute atomic E-state index is 11.5. The molecule has 0 aliphatic heterocycles. The molecule has 2 rings (SSSR count). The number of nitrogens with zero attached hydrogens (tertiary/aromatic N) is 1. The Morgan fingerprint density at radius 2 is 2.20 bits per heavy atom. The second-order valence-electron chi connectivity index (χ2n) is 2.76. The summed E-state index contributed by atoms with van der Waals surface area (Å²) < 4.78 is 0. The molecule has 2 heterocycles. The number of hydrogen-bond donors (Lipinski definition) is 1. The fraction of sp³-hybridized carbons (Fsp3) is 0. The smallest absolute Gasteiger partial charge is 0.663 e. The minimum atomic E-state index is -1.00. The van der Waals surface area contributed by atoms with Gasteiger partial charge < -0.3 is 15.5 Å². The second-order valence-corrected chi connectivity index (χ2v) is 2.76. The quantitative estimate of drug-likeness (QED) is 0.847. The zero-order chi connectivity index (χ0) is 10.1. The first-order valence-corrected chi connectivity index (χ1v) is 3.92. The number of carbonyl (C=O) groups excluding carboxylic acids is 1. The first-order chi connectivity index (χ1) is 6.70. The predicted octanol–water partition coefficient (Wildman–Crippen LogP) is 1.11. The van der Waals surface area contributed by atoms with Crippen molar-refractivity contribution in [3.8, 4) is 0 Å². The fourth-order valence-electron chi connectivity index (χ4n) is 1.21. The Hall–Kier alpha value is -1.07. The molecule has 5 nitrogen and oxygen atoms in total.